The Morgan fingerprint density at radius 3 is 2.44 bits per heavy atom. The van der Waals surface area contributed by atoms with Gasteiger partial charge in [-0.1, -0.05) is 40.5 Å². The summed E-state index contributed by atoms with van der Waals surface area (Å²) in [6, 6.07) is 0.811. The summed E-state index contributed by atoms with van der Waals surface area (Å²) >= 11 is 0. The summed E-state index contributed by atoms with van der Waals surface area (Å²) < 4.78 is 0. The van der Waals surface area contributed by atoms with Crippen molar-refractivity contribution in [3.8, 4) is 0 Å². The first-order valence-corrected chi connectivity index (χ1v) is 7.93. The highest BCUT2D eigenvalue weighted by Gasteiger charge is 2.30. The van der Waals surface area contributed by atoms with E-state index in [2.05, 4.69) is 45.0 Å². The van der Waals surface area contributed by atoms with Gasteiger partial charge in [-0.15, -0.1) is 0 Å². The largest absolute Gasteiger partial charge is 0.316 e. The summed E-state index contributed by atoms with van der Waals surface area (Å²) in [6.07, 6.45) is 6.94. The molecule has 18 heavy (non-hydrogen) atoms. The first-order valence-electron chi connectivity index (χ1n) is 7.93. The maximum atomic E-state index is 3.53. The second kappa shape index (κ2) is 7.49. The van der Waals surface area contributed by atoms with Gasteiger partial charge in [0.05, 0.1) is 0 Å². The maximum absolute atomic E-state index is 3.53. The molecule has 1 saturated carbocycles. The normalized spacial score (nSPS) is 28.3. The van der Waals surface area contributed by atoms with Gasteiger partial charge < -0.3 is 10.2 Å². The van der Waals surface area contributed by atoms with Crippen LogP contribution in [0, 0.1) is 11.3 Å². The standard InChI is InChI=1S/C16H34N2/c1-6-16(4,12-17-7-2)13-18(5)15-11-9-8-10-14(15)3/h14-15,17H,6-13H2,1-5H3. The third-order valence-electron chi connectivity index (χ3n) is 4.92. The third kappa shape index (κ3) is 4.55. The lowest BCUT2D eigenvalue weighted by Gasteiger charge is -2.41. The molecule has 0 amide bonds. The van der Waals surface area contributed by atoms with Gasteiger partial charge in [-0.25, -0.2) is 0 Å². The molecule has 0 radical (unpaired) electrons. The van der Waals surface area contributed by atoms with Crippen molar-refractivity contribution < 1.29 is 0 Å². The average molecular weight is 254 g/mol. The van der Waals surface area contributed by atoms with E-state index >= 15 is 0 Å². The molecule has 1 N–H and O–H groups in total. The fraction of sp³-hybridized carbons (Fsp3) is 1.00. The molecule has 0 aromatic carbocycles. The first-order chi connectivity index (χ1) is 8.52. The highest BCUT2D eigenvalue weighted by atomic mass is 15.1. The monoisotopic (exact) mass is 254 g/mol. The van der Waals surface area contributed by atoms with Crippen LogP contribution >= 0.6 is 0 Å². The van der Waals surface area contributed by atoms with Crippen LogP contribution in [-0.2, 0) is 0 Å². The highest BCUT2D eigenvalue weighted by Crippen LogP contribution is 2.30. The molecule has 1 rings (SSSR count). The molecule has 0 aliphatic heterocycles. The zero-order valence-corrected chi connectivity index (χ0v) is 13.3. The van der Waals surface area contributed by atoms with Crippen LogP contribution in [0.4, 0.5) is 0 Å². The van der Waals surface area contributed by atoms with Crippen LogP contribution in [0.3, 0.4) is 0 Å². The molecular formula is C16H34N2. The van der Waals surface area contributed by atoms with Crippen molar-refractivity contribution in [1.29, 1.82) is 0 Å². The fourth-order valence-electron chi connectivity index (χ4n) is 3.39. The summed E-state index contributed by atoms with van der Waals surface area (Å²) in [4.78, 5) is 2.64. The van der Waals surface area contributed by atoms with Crippen molar-refractivity contribution in [2.24, 2.45) is 11.3 Å². The van der Waals surface area contributed by atoms with E-state index in [-0.39, 0.29) is 0 Å². The molecule has 0 aromatic heterocycles. The van der Waals surface area contributed by atoms with Crippen LogP contribution in [0.25, 0.3) is 0 Å². The van der Waals surface area contributed by atoms with Crippen molar-refractivity contribution in [3.63, 3.8) is 0 Å². The van der Waals surface area contributed by atoms with Gasteiger partial charge in [-0.05, 0) is 44.2 Å². The van der Waals surface area contributed by atoms with E-state index in [0.29, 0.717) is 5.41 Å². The van der Waals surface area contributed by atoms with Crippen molar-refractivity contribution in [2.75, 3.05) is 26.7 Å². The smallest absolute Gasteiger partial charge is 0.0118 e. The lowest BCUT2D eigenvalue weighted by atomic mass is 9.82. The molecule has 2 heteroatoms. The van der Waals surface area contributed by atoms with E-state index in [9.17, 15) is 0 Å². The van der Waals surface area contributed by atoms with Crippen LogP contribution in [0.1, 0.15) is 59.8 Å². The summed E-state index contributed by atoms with van der Waals surface area (Å²) in [5.41, 5.74) is 0.419. The van der Waals surface area contributed by atoms with E-state index in [1.54, 1.807) is 0 Å². The number of nitrogens with zero attached hydrogens (tertiary/aromatic N) is 1. The van der Waals surface area contributed by atoms with Gasteiger partial charge in [0, 0.05) is 19.1 Å². The van der Waals surface area contributed by atoms with Crippen molar-refractivity contribution in [3.05, 3.63) is 0 Å². The molecule has 0 bridgehead atoms. The lowest BCUT2D eigenvalue weighted by Crippen LogP contribution is -2.47. The Morgan fingerprint density at radius 2 is 1.89 bits per heavy atom. The summed E-state index contributed by atoms with van der Waals surface area (Å²) in [5.74, 6) is 0.879. The Balaban J connectivity index is 2.51. The second-order valence-corrected chi connectivity index (χ2v) is 6.69. The third-order valence-corrected chi connectivity index (χ3v) is 4.92. The number of nitrogens with one attached hydrogen (secondary N) is 1. The number of hydrogen-bond donors (Lipinski definition) is 1. The van der Waals surface area contributed by atoms with Crippen molar-refractivity contribution >= 4 is 0 Å². The van der Waals surface area contributed by atoms with E-state index < -0.39 is 0 Å². The molecule has 0 aromatic rings. The van der Waals surface area contributed by atoms with Gasteiger partial charge in [0.2, 0.25) is 0 Å². The Hall–Kier alpha value is -0.0800. The van der Waals surface area contributed by atoms with Gasteiger partial charge in [0.15, 0.2) is 0 Å². The Bertz CT molecular complexity index is 229. The predicted molar refractivity (Wildman–Crippen MR) is 81.0 cm³/mol. The molecule has 0 saturated heterocycles. The van der Waals surface area contributed by atoms with Crippen molar-refractivity contribution in [1.82, 2.24) is 10.2 Å². The summed E-state index contributed by atoms with van der Waals surface area (Å²) in [5, 5.41) is 3.53. The molecule has 1 fully saturated rings. The molecular weight excluding hydrogens is 220 g/mol. The summed E-state index contributed by atoms with van der Waals surface area (Å²) in [6.45, 7) is 12.8. The summed E-state index contributed by atoms with van der Waals surface area (Å²) in [7, 11) is 2.34. The Labute approximate surface area is 115 Å². The SMILES string of the molecule is CCNCC(C)(CC)CN(C)C1CCCCC1C. The minimum Gasteiger partial charge on any atom is -0.316 e. The molecule has 1 aliphatic carbocycles. The maximum Gasteiger partial charge on any atom is 0.0118 e. The topological polar surface area (TPSA) is 15.3 Å². The van der Waals surface area contributed by atoms with Gasteiger partial charge in [0.1, 0.15) is 0 Å². The lowest BCUT2D eigenvalue weighted by molar-refractivity contribution is 0.0879. The van der Waals surface area contributed by atoms with Crippen LogP contribution in [0.5, 0.6) is 0 Å². The van der Waals surface area contributed by atoms with Gasteiger partial charge in [-0.3, -0.25) is 0 Å². The minimum absolute atomic E-state index is 0.419. The predicted octanol–water partition coefficient (Wildman–Crippen LogP) is 3.52. The van der Waals surface area contributed by atoms with Crippen LogP contribution < -0.4 is 5.32 Å². The molecule has 3 unspecified atom stereocenters. The fourth-order valence-corrected chi connectivity index (χ4v) is 3.39. The first kappa shape index (κ1) is 16.0. The second-order valence-electron chi connectivity index (χ2n) is 6.69. The zero-order chi connectivity index (χ0) is 13.6. The van der Waals surface area contributed by atoms with Gasteiger partial charge in [-0.2, -0.15) is 0 Å². The van der Waals surface area contributed by atoms with Gasteiger partial charge in [0.25, 0.3) is 0 Å². The molecule has 0 heterocycles. The van der Waals surface area contributed by atoms with Crippen LogP contribution in [0.2, 0.25) is 0 Å². The molecule has 108 valence electrons. The van der Waals surface area contributed by atoms with Crippen LogP contribution in [0.15, 0.2) is 0 Å². The molecule has 2 nitrogen and oxygen atoms in total. The van der Waals surface area contributed by atoms with Gasteiger partial charge >= 0.3 is 0 Å². The highest BCUT2D eigenvalue weighted by molar-refractivity contribution is 4.85. The van der Waals surface area contributed by atoms with E-state index in [1.165, 1.54) is 38.6 Å². The number of rotatable bonds is 7. The number of hydrogen-bond acceptors (Lipinski definition) is 2. The Morgan fingerprint density at radius 1 is 1.22 bits per heavy atom. The average Bonchev–Trinajstić information content (AvgIpc) is 2.37. The van der Waals surface area contributed by atoms with E-state index in [0.717, 1.165) is 25.0 Å². The molecule has 3 atom stereocenters. The van der Waals surface area contributed by atoms with E-state index in [1.807, 2.05) is 0 Å². The van der Waals surface area contributed by atoms with Crippen molar-refractivity contribution in [2.45, 2.75) is 65.8 Å². The Kier molecular flexibility index (Phi) is 6.65. The minimum atomic E-state index is 0.419. The molecule has 0 spiro atoms. The molecule has 1 aliphatic rings. The quantitative estimate of drug-likeness (QED) is 0.748. The zero-order valence-electron chi connectivity index (χ0n) is 13.3. The van der Waals surface area contributed by atoms with E-state index in [4.69, 9.17) is 0 Å². The van der Waals surface area contributed by atoms with Crippen LogP contribution in [-0.4, -0.2) is 37.6 Å².